The number of aromatic nitrogens is 1. The van der Waals surface area contributed by atoms with Crippen LogP contribution in [-0.2, 0) is 15.1 Å². The van der Waals surface area contributed by atoms with E-state index in [-0.39, 0.29) is 17.7 Å². The fourth-order valence-electron chi connectivity index (χ4n) is 6.09. The van der Waals surface area contributed by atoms with Crippen LogP contribution in [0.25, 0.3) is 22.0 Å². The average molecular weight is 517 g/mol. The van der Waals surface area contributed by atoms with E-state index in [1.165, 1.54) is 5.39 Å². The Balaban J connectivity index is 1.19. The molecule has 1 N–H and O–H groups in total. The van der Waals surface area contributed by atoms with Gasteiger partial charge in [0.2, 0.25) is 5.91 Å². The maximum absolute atomic E-state index is 14.0. The molecular formula is C33H32N4O2. The Labute approximate surface area is 228 Å². The second-order valence-corrected chi connectivity index (χ2v) is 11.4. The van der Waals surface area contributed by atoms with E-state index in [2.05, 4.69) is 53.5 Å². The molecule has 2 fully saturated rings. The van der Waals surface area contributed by atoms with Crippen molar-refractivity contribution in [2.24, 2.45) is 16.8 Å². The lowest BCUT2D eigenvalue weighted by Crippen LogP contribution is -2.43. The fourth-order valence-corrected chi connectivity index (χ4v) is 6.09. The van der Waals surface area contributed by atoms with Gasteiger partial charge in [-0.15, -0.1) is 0 Å². The van der Waals surface area contributed by atoms with Gasteiger partial charge in [0.15, 0.2) is 5.54 Å². The number of H-pyrrole nitrogens is 1. The monoisotopic (exact) mass is 516 g/mol. The van der Waals surface area contributed by atoms with Crippen LogP contribution in [0.3, 0.4) is 0 Å². The molecule has 0 spiro atoms. The van der Waals surface area contributed by atoms with Gasteiger partial charge in [-0.3, -0.25) is 14.5 Å². The number of carbonyl (C=O) groups is 2. The van der Waals surface area contributed by atoms with Gasteiger partial charge in [-0.2, -0.15) is 0 Å². The van der Waals surface area contributed by atoms with Crippen molar-refractivity contribution in [3.05, 3.63) is 96.2 Å². The van der Waals surface area contributed by atoms with Crippen molar-refractivity contribution in [2.45, 2.75) is 31.7 Å². The molecule has 1 saturated carbocycles. The molecule has 3 heterocycles. The number of nitrogens with one attached hydrogen (secondary N) is 1. The molecule has 0 bridgehead atoms. The molecule has 6 heteroatoms. The summed E-state index contributed by atoms with van der Waals surface area (Å²) < 4.78 is 0. The molecule has 1 aromatic heterocycles. The summed E-state index contributed by atoms with van der Waals surface area (Å²) in [6.45, 7) is 3.99. The fraction of sp³-hybridized carbons (Fsp3) is 0.303. The van der Waals surface area contributed by atoms with Crippen molar-refractivity contribution in [1.82, 2.24) is 14.8 Å². The molecule has 6 nitrogen and oxygen atoms in total. The van der Waals surface area contributed by atoms with Crippen molar-refractivity contribution < 1.29 is 9.59 Å². The quantitative estimate of drug-likeness (QED) is 0.363. The normalized spacial score (nSPS) is 23.1. The lowest BCUT2D eigenvalue weighted by Gasteiger charge is -2.26. The Kier molecular flexibility index (Phi) is 5.65. The van der Waals surface area contributed by atoms with Gasteiger partial charge < -0.3 is 9.88 Å². The molecule has 7 rings (SSSR count). The van der Waals surface area contributed by atoms with Gasteiger partial charge in [0.1, 0.15) is 5.84 Å². The SMILES string of the molecule is C[C@@]1(c2ccccc2)N=C(c2ccc(-c3ccc4[nH]ccc4c3)cc2)N(C[C@@H]2CCN(C(=O)C3CC3)C2)C1=O. The third-order valence-corrected chi connectivity index (χ3v) is 8.58. The number of aromatic amines is 1. The van der Waals surface area contributed by atoms with Crippen molar-refractivity contribution in [3.63, 3.8) is 0 Å². The van der Waals surface area contributed by atoms with E-state index >= 15 is 0 Å². The largest absolute Gasteiger partial charge is 0.361 e. The summed E-state index contributed by atoms with van der Waals surface area (Å²) in [5, 5.41) is 1.18. The first-order valence-corrected chi connectivity index (χ1v) is 13.9. The van der Waals surface area contributed by atoms with Crippen LogP contribution in [-0.4, -0.2) is 52.1 Å². The maximum Gasteiger partial charge on any atom is 0.260 e. The molecule has 2 aliphatic heterocycles. The summed E-state index contributed by atoms with van der Waals surface area (Å²) in [6, 6.07) is 26.7. The number of benzene rings is 3. The topological polar surface area (TPSA) is 68.8 Å². The number of fused-ring (bicyclic) bond motifs is 1. The average Bonchev–Trinajstić information content (AvgIpc) is 3.43. The van der Waals surface area contributed by atoms with Crippen molar-refractivity contribution in [3.8, 4) is 11.1 Å². The van der Waals surface area contributed by atoms with Gasteiger partial charge in [0.25, 0.3) is 5.91 Å². The molecule has 3 aromatic carbocycles. The summed E-state index contributed by atoms with van der Waals surface area (Å²) in [6.07, 6.45) is 4.91. The van der Waals surface area contributed by atoms with E-state index in [0.29, 0.717) is 18.3 Å². The van der Waals surface area contributed by atoms with Gasteiger partial charge >= 0.3 is 0 Å². The number of hydrogen-bond donors (Lipinski definition) is 1. The summed E-state index contributed by atoms with van der Waals surface area (Å²) in [7, 11) is 0. The highest BCUT2D eigenvalue weighted by Gasteiger charge is 2.47. The number of hydrogen-bond acceptors (Lipinski definition) is 3. The van der Waals surface area contributed by atoms with Crippen LogP contribution in [0.4, 0.5) is 0 Å². The molecule has 196 valence electrons. The highest BCUT2D eigenvalue weighted by atomic mass is 16.2. The van der Waals surface area contributed by atoms with Crippen LogP contribution in [0, 0.1) is 11.8 Å². The van der Waals surface area contributed by atoms with Gasteiger partial charge in [-0.05, 0) is 72.4 Å². The minimum Gasteiger partial charge on any atom is -0.361 e. The third-order valence-electron chi connectivity index (χ3n) is 8.58. The molecule has 3 aliphatic rings. The molecular weight excluding hydrogens is 484 g/mol. The molecule has 1 aliphatic carbocycles. The Morgan fingerprint density at radius 3 is 2.46 bits per heavy atom. The summed E-state index contributed by atoms with van der Waals surface area (Å²) >= 11 is 0. The number of rotatable bonds is 6. The number of likely N-dealkylation sites (tertiary alicyclic amines) is 1. The van der Waals surface area contributed by atoms with E-state index in [0.717, 1.165) is 60.1 Å². The Morgan fingerprint density at radius 1 is 0.949 bits per heavy atom. The molecule has 1 saturated heterocycles. The molecule has 0 unspecified atom stereocenters. The van der Waals surface area contributed by atoms with Crippen LogP contribution in [0.15, 0.2) is 90.1 Å². The van der Waals surface area contributed by atoms with Gasteiger partial charge in [0.05, 0.1) is 0 Å². The Morgan fingerprint density at radius 2 is 1.69 bits per heavy atom. The van der Waals surface area contributed by atoms with Gasteiger partial charge in [-0.25, -0.2) is 4.99 Å². The predicted molar refractivity (Wildman–Crippen MR) is 153 cm³/mol. The smallest absolute Gasteiger partial charge is 0.260 e. The van der Waals surface area contributed by atoms with Crippen LogP contribution in [0.2, 0.25) is 0 Å². The number of amides is 2. The first-order valence-electron chi connectivity index (χ1n) is 13.9. The van der Waals surface area contributed by atoms with E-state index in [4.69, 9.17) is 4.99 Å². The Bertz CT molecular complexity index is 1590. The van der Waals surface area contributed by atoms with Gasteiger partial charge in [0, 0.05) is 42.8 Å². The van der Waals surface area contributed by atoms with Crippen LogP contribution >= 0.6 is 0 Å². The molecule has 2 atom stereocenters. The highest BCUT2D eigenvalue weighted by molar-refractivity contribution is 6.15. The van der Waals surface area contributed by atoms with Crippen molar-refractivity contribution >= 4 is 28.6 Å². The van der Waals surface area contributed by atoms with Crippen molar-refractivity contribution in [1.29, 1.82) is 0 Å². The molecule has 39 heavy (non-hydrogen) atoms. The zero-order chi connectivity index (χ0) is 26.6. The zero-order valence-electron chi connectivity index (χ0n) is 22.1. The number of carbonyl (C=O) groups excluding carboxylic acids is 2. The van der Waals surface area contributed by atoms with E-state index in [9.17, 15) is 9.59 Å². The van der Waals surface area contributed by atoms with Crippen LogP contribution < -0.4 is 0 Å². The second kappa shape index (κ2) is 9.23. The minimum absolute atomic E-state index is 0.00217. The highest BCUT2D eigenvalue weighted by Crippen LogP contribution is 2.37. The van der Waals surface area contributed by atoms with Crippen LogP contribution in [0.1, 0.15) is 37.3 Å². The second-order valence-electron chi connectivity index (χ2n) is 11.4. The molecule has 4 aromatic rings. The standard InChI is InChI=1S/C33H32N4O2/c1-33(28-5-3-2-4-6-28)32(39)37(21-22-16-18-36(20-22)31(38)25-11-12-25)30(35-33)24-9-7-23(8-10-24)26-13-14-29-27(19-26)15-17-34-29/h2-10,13-15,17,19,22,25,34H,11-12,16,18,20-21H2,1H3/t22-,33+/m1/s1. The number of nitrogens with zero attached hydrogens (tertiary/aromatic N) is 3. The maximum atomic E-state index is 14.0. The minimum atomic E-state index is -0.975. The van der Waals surface area contributed by atoms with Gasteiger partial charge in [-0.1, -0.05) is 60.7 Å². The number of amidine groups is 1. The Hall–Kier alpha value is -4.19. The van der Waals surface area contributed by atoms with Crippen molar-refractivity contribution in [2.75, 3.05) is 19.6 Å². The zero-order valence-corrected chi connectivity index (χ0v) is 22.1. The predicted octanol–water partition coefficient (Wildman–Crippen LogP) is 5.60. The van der Waals surface area contributed by atoms with Crippen LogP contribution in [0.5, 0.6) is 0 Å². The summed E-state index contributed by atoms with van der Waals surface area (Å²) in [4.78, 5) is 38.9. The van der Waals surface area contributed by atoms with E-state index in [1.54, 1.807) is 0 Å². The molecule has 2 amide bonds. The van der Waals surface area contributed by atoms with E-state index < -0.39 is 5.54 Å². The van der Waals surface area contributed by atoms with E-state index in [1.807, 2.05) is 53.3 Å². The first-order chi connectivity index (χ1) is 19.0. The number of aliphatic imine (C=N–C) groups is 1. The molecule has 0 radical (unpaired) electrons. The first kappa shape index (κ1) is 23.9. The lowest BCUT2D eigenvalue weighted by molar-refractivity contribution is -0.131. The summed E-state index contributed by atoms with van der Waals surface area (Å²) in [5.74, 6) is 1.48. The third kappa shape index (κ3) is 4.24. The summed E-state index contributed by atoms with van der Waals surface area (Å²) in [5.41, 5.74) is 4.23. The lowest BCUT2D eigenvalue weighted by atomic mass is 9.92.